The number of hydrogen-bond acceptors (Lipinski definition) is 10. The molecule has 2 aromatic heterocycles. The number of oxime groups is 1. The summed E-state index contributed by atoms with van der Waals surface area (Å²) in [5.41, 5.74) is 7.48. The van der Waals surface area contributed by atoms with Crippen molar-refractivity contribution in [2.24, 2.45) is 5.16 Å². The van der Waals surface area contributed by atoms with E-state index in [0.29, 0.717) is 5.75 Å². The molecule has 1 fully saturated rings. The molecule has 2 aromatic rings. The zero-order chi connectivity index (χ0) is 21.8. The Morgan fingerprint density at radius 2 is 2.35 bits per heavy atom. The van der Waals surface area contributed by atoms with E-state index in [1.807, 2.05) is 30.5 Å². The molecule has 1 unspecified atom stereocenters. The third-order valence-corrected chi connectivity index (χ3v) is 6.30. The summed E-state index contributed by atoms with van der Waals surface area (Å²) in [6, 6.07) is 3.15. The Morgan fingerprint density at radius 1 is 1.48 bits per heavy atom. The number of allylic oxidation sites excluding steroid dienone is 1. The van der Waals surface area contributed by atoms with Crippen molar-refractivity contribution in [1.29, 1.82) is 0 Å². The van der Waals surface area contributed by atoms with Crippen LogP contribution in [0.5, 0.6) is 0 Å². The molecule has 0 saturated carbocycles. The van der Waals surface area contributed by atoms with Crippen LogP contribution in [0.3, 0.4) is 0 Å². The minimum Gasteiger partial charge on any atom is -0.395 e. The quantitative estimate of drug-likeness (QED) is 0.360. The highest BCUT2D eigenvalue weighted by Crippen LogP contribution is 2.36. The number of fused-ring (bicyclic) bond motifs is 1. The van der Waals surface area contributed by atoms with Gasteiger partial charge in [-0.05, 0) is 24.1 Å². The smallest absolute Gasteiger partial charge is 0.278 e. The first-order valence-electron chi connectivity index (χ1n) is 9.39. The summed E-state index contributed by atoms with van der Waals surface area (Å²) in [6.45, 7) is 2.01. The number of aromatic nitrogens is 3. The second-order valence-electron chi connectivity index (χ2n) is 6.54. The molecule has 0 bridgehead atoms. The highest BCUT2D eigenvalue weighted by atomic mass is 32.2. The van der Waals surface area contributed by atoms with E-state index in [2.05, 4.69) is 24.8 Å². The average Bonchev–Trinajstić information content (AvgIpc) is 3.22. The maximum absolute atomic E-state index is 12.8. The van der Waals surface area contributed by atoms with Crippen molar-refractivity contribution in [2.45, 2.75) is 18.3 Å². The molecule has 0 aliphatic carbocycles. The first kappa shape index (κ1) is 21.0. The maximum atomic E-state index is 12.8. The Balaban J connectivity index is 1.42. The molecule has 160 valence electrons. The molecule has 0 spiro atoms. The van der Waals surface area contributed by atoms with Crippen molar-refractivity contribution in [1.82, 2.24) is 24.6 Å². The van der Waals surface area contributed by atoms with Crippen LogP contribution < -0.4 is 11.1 Å². The van der Waals surface area contributed by atoms with Crippen LogP contribution in [0, 0.1) is 0 Å². The van der Waals surface area contributed by atoms with Gasteiger partial charge >= 0.3 is 0 Å². The summed E-state index contributed by atoms with van der Waals surface area (Å²) in [6.07, 6.45) is 9.21. The van der Waals surface area contributed by atoms with Gasteiger partial charge in [-0.1, -0.05) is 23.4 Å². The number of carbonyl (C=O) groups is 2. The molecule has 12 heteroatoms. The van der Waals surface area contributed by atoms with E-state index in [1.54, 1.807) is 36.0 Å². The lowest BCUT2D eigenvalue weighted by Gasteiger charge is -2.47. The highest BCUT2D eigenvalue weighted by molar-refractivity contribution is 8.00. The standard InChI is InChI=1S/C19H19N7O3S2/c1-2-29-24-13(15-23-19(20)31-25-15)16(27)22-14-17(28)26-9-12(10-30-18(14)26)6-5-11-4-3-7-21-8-11/h3-9,14,18H,2,10H2,1H3,(H,22,27)(H2,20,23,25)/t14?,18-/m0/s1. The molecule has 2 atom stereocenters. The summed E-state index contributed by atoms with van der Waals surface area (Å²) in [7, 11) is 0. The highest BCUT2D eigenvalue weighted by Gasteiger charge is 2.49. The summed E-state index contributed by atoms with van der Waals surface area (Å²) in [5.74, 6) is -0.00620. The minimum absolute atomic E-state index is 0.0658. The fraction of sp³-hybridized carbons (Fsp3) is 0.263. The van der Waals surface area contributed by atoms with E-state index in [1.165, 1.54) is 0 Å². The predicted molar refractivity (Wildman–Crippen MR) is 119 cm³/mol. The van der Waals surface area contributed by atoms with Crippen molar-refractivity contribution < 1.29 is 14.4 Å². The number of β-lactam (4-membered cyclic amide) rings is 1. The van der Waals surface area contributed by atoms with Gasteiger partial charge < -0.3 is 20.8 Å². The van der Waals surface area contributed by atoms with Crippen molar-refractivity contribution in [3.8, 4) is 0 Å². The van der Waals surface area contributed by atoms with Crippen molar-refractivity contribution in [2.75, 3.05) is 18.1 Å². The number of nitrogens with zero attached hydrogens (tertiary/aromatic N) is 5. The fourth-order valence-electron chi connectivity index (χ4n) is 2.95. The molecule has 4 heterocycles. The largest absolute Gasteiger partial charge is 0.395 e. The number of amides is 2. The fourth-order valence-corrected chi connectivity index (χ4v) is 4.62. The van der Waals surface area contributed by atoms with Crippen molar-refractivity contribution in [3.63, 3.8) is 0 Å². The summed E-state index contributed by atoms with van der Waals surface area (Å²) in [4.78, 5) is 40.1. The number of anilines is 1. The van der Waals surface area contributed by atoms with Gasteiger partial charge in [0.15, 0.2) is 5.13 Å². The summed E-state index contributed by atoms with van der Waals surface area (Å²) < 4.78 is 4.01. The number of rotatable bonds is 7. The number of nitrogens with one attached hydrogen (secondary N) is 1. The molecule has 10 nitrogen and oxygen atoms in total. The molecule has 2 aliphatic heterocycles. The Bertz CT molecular complexity index is 1070. The third-order valence-electron chi connectivity index (χ3n) is 4.42. The topological polar surface area (TPSA) is 136 Å². The number of hydrogen-bond donors (Lipinski definition) is 2. The Labute approximate surface area is 186 Å². The van der Waals surface area contributed by atoms with Crippen LogP contribution in [0.2, 0.25) is 0 Å². The second-order valence-corrected chi connectivity index (χ2v) is 8.42. The van der Waals surface area contributed by atoms with Crippen LogP contribution in [-0.4, -0.2) is 60.5 Å². The van der Waals surface area contributed by atoms with Gasteiger partial charge in [0.05, 0.1) is 0 Å². The lowest BCUT2D eigenvalue weighted by Crippen LogP contribution is -2.69. The number of carbonyl (C=O) groups excluding carboxylic acids is 2. The van der Waals surface area contributed by atoms with E-state index in [4.69, 9.17) is 10.6 Å². The number of thioether (sulfide) groups is 1. The zero-order valence-electron chi connectivity index (χ0n) is 16.5. The van der Waals surface area contributed by atoms with Gasteiger partial charge in [-0.3, -0.25) is 14.6 Å². The molecule has 3 N–H and O–H groups in total. The predicted octanol–water partition coefficient (Wildman–Crippen LogP) is 1.25. The van der Waals surface area contributed by atoms with Gasteiger partial charge in [0, 0.05) is 35.9 Å². The monoisotopic (exact) mass is 457 g/mol. The first-order chi connectivity index (χ1) is 15.1. The molecular weight excluding hydrogens is 438 g/mol. The summed E-state index contributed by atoms with van der Waals surface area (Å²) in [5, 5.41) is 6.55. The Morgan fingerprint density at radius 3 is 3.06 bits per heavy atom. The van der Waals surface area contributed by atoms with Crippen molar-refractivity contribution in [3.05, 3.63) is 53.8 Å². The number of pyridine rings is 1. The molecule has 0 radical (unpaired) electrons. The number of nitrogen functional groups attached to an aromatic ring is 1. The maximum Gasteiger partial charge on any atom is 0.278 e. The molecule has 31 heavy (non-hydrogen) atoms. The van der Waals surface area contributed by atoms with Crippen LogP contribution in [0.15, 0.2) is 47.5 Å². The van der Waals surface area contributed by atoms with Crippen molar-refractivity contribution >= 4 is 52.0 Å². The first-order valence-corrected chi connectivity index (χ1v) is 11.2. The van der Waals surface area contributed by atoms with Crippen LogP contribution in [-0.2, 0) is 14.4 Å². The lowest BCUT2D eigenvalue weighted by atomic mass is 10.1. The van der Waals surface area contributed by atoms with E-state index in [9.17, 15) is 9.59 Å². The van der Waals surface area contributed by atoms with E-state index in [0.717, 1.165) is 22.7 Å². The third kappa shape index (κ3) is 4.59. The van der Waals surface area contributed by atoms with Gasteiger partial charge in [-0.25, -0.2) is 0 Å². The molecule has 2 amide bonds. The van der Waals surface area contributed by atoms with Crippen LogP contribution in [0.1, 0.15) is 18.3 Å². The molecule has 1 saturated heterocycles. The van der Waals surface area contributed by atoms with E-state index in [-0.39, 0.29) is 34.6 Å². The Hall–Kier alpha value is -3.25. The van der Waals surface area contributed by atoms with E-state index < -0.39 is 11.9 Å². The zero-order valence-corrected chi connectivity index (χ0v) is 18.1. The minimum atomic E-state index is -0.666. The van der Waals surface area contributed by atoms with Gasteiger partial charge in [-0.2, -0.15) is 9.36 Å². The van der Waals surface area contributed by atoms with Gasteiger partial charge in [-0.15, -0.1) is 11.8 Å². The van der Waals surface area contributed by atoms with Crippen LogP contribution >= 0.6 is 23.3 Å². The van der Waals surface area contributed by atoms with Gasteiger partial charge in [0.25, 0.3) is 11.8 Å². The molecule has 2 aliphatic rings. The van der Waals surface area contributed by atoms with Gasteiger partial charge in [0.2, 0.25) is 11.5 Å². The Kier molecular flexibility index (Phi) is 6.28. The molecule has 4 rings (SSSR count). The second kappa shape index (κ2) is 9.27. The van der Waals surface area contributed by atoms with E-state index >= 15 is 0 Å². The average molecular weight is 458 g/mol. The van der Waals surface area contributed by atoms with Gasteiger partial charge in [0.1, 0.15) is 18.0 Å². The SMILES string of the molecule is CCON=C(C(=O)NC1C(=O)N2C=C(C=Cc3cccnc3)CS[C@@H]12)c1nsc(N)n1. The molecular formula is C19H19N7O3S2. The normalized spacial score (nSPS) is 20.8. The summed E-state index contributed by atoms with van der Waals surface area (Å²) >= 11 is 2.52. The lowest BCUT2D eigenvalue weighted by molar-refractivity contribution is -0.143. The number of nitrogens with two attached hydrogens (primary N) is 1. The van der Waals surface area contributed by atoms with Crippen LogP contribution in [0.25, 0.3) is 6.08 Å². The molecule has 0 aromatic carbocycles. The van der Waals surface area contributed by atoms with Crippen LogP contribution in [0.4, 0.5) is 5.13 Å².